The van der Waals surface area contributed by atoms with E-state index in [9.17, 15) is 37.2 Å². The van der Waals surface area contributed by atoms with Crippen molar-refractivity contribution in [3.63, 3.8) is 0 Å². The lowest BCUT2D eigenvalue weighted by Crippen LogP contribution is -2.55. The number of carbonyl (C=O) groups is 3. The Kier molecular flexibility index (Phi) is 10.2. The molecule has 0 spiro atoms. The summed E-state index contributed by atoms with van der Waals surface area (Å²) in [6.45, 7) is 1.28. The van der Waals surface area contributed by atoms with Gasteiger partial charge in [-0.25, -0.2) is 36.8 Å². The molecule has 0 bridgehead atoms. The van der Waals surface area contributed by atoms with E-state index in [1.165, 1.54) is 13.2 Å². The summed E-state index contributed by atoms with van der Waals surface area (Å²) in [6.07, 6.45) is 1.08. The monoisotopic (exact) mass is 617 g/mol. The molecule has 1 saturated heterocycles. The van der Waals surface area contributed by atoms with Gasteiger partial charge in [-0.15, -0.1) is 0 Å². The number of hydrogen-bond acceptors (Lipinski definition) is 7. The zero-order valence-electron chi connectivity index (χ0n) is 24.1. The van der Waals surface area contributed by atoms with E-state index >= 15 is 0 Å². The van der Waals surface area contributed by atoms with Crippen LogP contribution < -0.4 is 10.6 Å². The summed E-state index contributed by atoms with van der Waals surface area (Å²) >= 11 is 0. The molecule has 2 heterocycles. The van der Waals surface area contributed by atoms with Crippen LogP contribution >= 0.6 is 0 Å². The fraction of sp³-hybridized carbons (Fsp3) is 0.400. The summed E-state index contributed by atoms with van der Waals surface area (Å²) in [7, 11) is 2.42. The second-order valence-corrected chi connectivity index (χ2v) is 10.4. The quantitative estimate of drug-likeness (QED) is 0.247. The van der Waals surface area contributed by atoms with Gasteiger partial charge in [-0.2, -0.15) is 5.26 Å². The van der Waals surface area contributed by atoms with Crippen LogP contribution in [0.2, 0.25) is 0 Å². The molecule has 4 amide bonds. The third-order valence-electron chi connectivity index (χ3n) is 7.80. The first kappa shape index (κ1) is 32.4. The van der Waals surface area contributed by atoms with Gasteiger partial charge >= 0.3 is 18.0 Å². The lowest BCUT2D eigenvalue weighted by atomic mass is 9.73. The predicted molar refractivity (Wildman–Crippen MR) is 148 cm³/mol. The number of hydrogen-bond donors (Lipinski definition) is 2. The Hall–Kier alpha value is -4.48. The van der Waals surface area contributed by atoms with Crippen molar-refractivity contribution in [1.82, 2.24) is 20.4 Å². The molecule has 0 aliphatic carbocycles. The minimum absolute atomic E-state index is 0.00203. The topological polar surface area (TPSA) is 124 Å². The second kappa shape index (κ2) is 13.9. The maximum Gasteiger partial charge on any atom is 0.338 e. The second-order valence-electron chi connectivity index (χ2n) is 10.4. The lowest BCUT2D eigenvalue weighted by Gasteiger charge is -2.38. The highest BCUT2D eigenvalue weighted by Crippen LogP contribution is 2.37. The highest BCUT2D eigenvalue weighted by Gasteiger charge is 2.43. The molecule has 1 fully saturated rings. The largest absolute Gasteiger partial charge is 0.466 e. The van der Waals surface area contributed by atoms with Crippen LogP contribution in [0.25, 0.3) is 0 Å². The van der Waals surface area contributed by atoms with Crippen molar-refractivity contribution in [3.05, 3.63) is 82.1 Å². The van der Waals surface area contributed by atoms with Crippen molar-refractivity contribution in [1.29, 1.82) is 5.26 Å². The molecule has 1 unspecified atom stereocenters. The van der Waals surface area contributed by atoms with Gasteiger partial charge in [0.15, 0.2) is 11.6 Å². The number of ether oxygens (including phenoxy) is 2. The number of piperidine rings is 1. The first-order valence-electron chi connectivity index (χ1n) is 13.8. The molecule has 4 rings (SSSR count). The summed E-state index contributed by atoms with van der Waals surface area (Å²) in [5.74, 6) is -4.78. The molecule has 2 N–H and O–H groups in total. The van der Waals surface area contributed by atoms with Crippen molar-refractivity contribution in [2.45, 2.75) is 30.7 Å². The van der Waals surface area contributed by atoms with Crippen molar-refractivity contribution in [2.75, 3.05) is 47.0 Å². The molecule has 44 heavy (non-hydrogen) atoms. The Morgan fingerprint density at radius 2 is 1.80 bits per heavy atom. The number of nitrogens with one attached hydrogen (secondary N) is 2. The van der Waals surface area contributed by atoms with Crippen LogP contribution in [0.1, 0.15) is 36.4 Å². The van der Waals surface area contributed by atoms with E-state index < -0.39 is 52.8 Å². The molecule has 234 valence electrons. The van der Waals surface area contributed by atoms with E-state index in [-0.39, 0.29) is 35.5 Å². The standard InChI is InChI=1S/C30H31F4N5O5/c1-43-16-24-25(27(40)44-2)26(18-4-7-21(32)23(34)14-18)39(29(42)37-24)28(41)36-10-3-11-38-12-8-30(17-35,9-13-38)20-6-5-19(31)15-22(20)33/h4-7,14-15,26H,3,8-13,16H2,1-2H3,(H,36,41)(H,37,42). The zero-order chi connectivity index (χ0) is 32.0. The Balaban J connectivity index is 1.43. The van der Waals surface area contributed by atoms with Gasteiger partial charge in [-0.05, 0) is 62.7 Å². The third-order valence-corrected chi connectivity index (χ3v) is 7.80. The normalized spacial score (nSPS) is 18.4. The number of carbonyl (C=O) groups excluding carboxylic acids is 3. The van der Waals surface area contributed by atoms with Crippen LogP contribution in [0.15, 0.2) is 47.7 Å². The van der Waals surface area contributed by atoms with Gasteiger partial charge in [0.05, 0.1) is 36.5 Å². The van der Waals surface area contributed by atoms with E-state index in [2.05, 4.69) is 16.7 Å². The maximum atomic E-state index is 14.4. The van der Waals surface area contributed by atoms with Crippen molar-refractivity contribution >= 4 is 18.0 Å². The molecule has 2 aliphatic heterocycles. The Labute approximate surface area is 251 Å². The number of imide groups is 1. The minimum Gasteiger partial charge on any atom is -0.466 e. The molecule has 0 radical (unpaired) electrons. The average Bonchev–Trinajstić information content (AvgIpc) is 3.00. The van der Waals surface area contributed by atoms with Gasteiger partial charge in [0.2, 0.25) is 0 Å². The summed E-state index contributed by atoms with van der Waals surface area (Å²) in [5, 5.41) is 14.9. The van der Waals surface area contributed by atoms with Gasteiger partial charge in [0, 0.05) is 25.3 Å². The highest BCUT2D eigenvalue weighted by molar-refractivity contribution is 6.01. The van der Waals surface area contributed by atoms with Crippen LogP contribution in [0.5, 0.6) is 0 Å². The molecule has 10 nitrogen and oxygen atoms in total. The van der Waals surface area contributed by atoms with E-state index in [0.717, 1.165) is 37.4 Å². The van der Waals surface area contributed by atoms with Gasteiger partial charge < -0.3 is 25.0 Å². The number of amides is 4. The summed E-state index contributed by atoms with van der Waals surface area (Å²) < 4.78 is 65.8. The minimum atomic E-state index is -1.45. The molecule has 0 saturated carbocycles. The molecule has 2 aromatic carbocycles. The fourth-order valence-electron chi connectivity index (χ4n) is 5.54. The van der Waals surface area contributed by atoms with Crippen molar-refractivity contribution < 1.29 is 41.4 Å². The Morgan fingerprint density at radius 3 is 2.41 bits per heavy atom. The number of nitrogens with zero attached hydrogens (tertiary/aromatic N) is 3. The van der Waals surface area contributed by atoms with E-state index in [1.54, 1.807) is 0 Å². The molecular weight excluding hydrogens is 586 g/mol. The smallest absolute Gasteiger partial charge is 0.338 e. The summed E-state index contributed by atoms with van der Waals surface area (Å²) in [6, 6.07) is 4.92. The average molecular weight is 618 g/mol. The molecule has 2 aromatic rings. The number of methoxy groups -OCH3 is 2. The number of likely N-dealkylation sites (tertiary alicyclic amines) is 1. The first-order valence-corrected chi connectivity index (χ1v) is 13.8. The van der Waals surface area contributed by atoms with Crippen molar-refractivity contribution in [2.24, 2.45) is 0 Å². The molecule has 14 heteroatoms. The van der Waals surface area contributed by atoms with E-state index in [0.29, 0.717) is 43.8 Å². The van der Waals surface area contributed by atoms with Gasteiger partial charge in [0.1, 0.15) is 17.7 Å². The summed E-state index contributed by atoms with van der Waals surface area (Å²) in [5.41, 5.74) is -1.15. The van der Waals surface area contributed by atoms with Crippen LogP contribution in [0, 0.1) is 34.6 Å². The fourth-order valence-corrected chi connectivity index (χ4v) is 5.54. The van der Waals surface area contributed by atoms with Crippen LogP contribution in [-0.4, -0.2) is 74.8 Å². The van der Waals surface area contributed by atoms with Gasteiger partial charge in [-0.3, -0.25) is 0 Å². The third kappa shape index (κ3) is 6.68. The van der Waals surface area contributed by atoms with E-state index in [4.69, 9.17) is 9.47 Å². The SMILES string of the molecule is COCC1=C(C(=O)OC)C(c2ccc(F)c(F)c2)N(C(=O)NCCCN2CCC(C#N)(c3ccc(F)cc3F)CC2)C(=O)N1. The maximum absolute atomic E-state index is 14.4. The number of rotatable bonds is 9. The van der Waals surface area contributed by atoms with Gasteiger partial charge in [-0.1, -0.05) is 12.1 Å². The van der Waals surface area contributed by atoms with Crippen LogP contribution in [0.4, 0.5) is 27.2 Å². The predicted octanol–water partition coefficient (Wildman–Crippen LogP) is 4.04. The summed E-state index contributed by atoms with van der Waals surface area (Å²) in [4.78, 5) is 42.0. The van der Waals surface area contributed by atoms with Gasteiger partial charge in [0.25, 0.3) is 0 Å². The molecule has 0 aromatic heterocycles. The number of urea groups is 2. The first-order chi connectivity index (χ1) is 21.0. The lowest BCUT2D eigenvalue weighted by molar-refractivity contribution is -0.137. The van der Waals surface area contributed by atoms with Crippen molar-refractivity contribution in [3.8, 4) is 6.07 Å². The zero-order valence-corrected chi connectivity index (χ0v) is 24.1. The Bertz CT molecular complexity index is 1500. The molecule has 1 atom stereocenters. The molecular formula is C30H31F4N5O5. The highest BCUT2D eigenvalue weighted by atomic mass is 19.2. The Morgan fingerprint density at radius 1 is 1.07 bits per heavy atom. The molecule has 2 aliphatic rings. The number of benzene rings is 2. The number of esters is 1. The van der Waals surface area contributed by atoms with E-state index in [1.807, 2.05) is 4.90 Å². The van der Waals surface area contributed by atoms with Crippen LogP contribution in [-0.2, 0) is 19.7 Å². The van der Waals surface area contributed by atoms with Crippen LogP contribution in [0.3, 0.4) is 0 Å². The number of halogens is 4. The number of nitriles is 1.